The summed E-state index contributed by atoms with van der Waals surface area (Å²) in [6.45, 7) is 6.18. The van der Waals surface area contributed by atoms with Crippen LogP contribution in [-0.2, 0) is 0 Å². The molecule has 1 N–H and O–H groups in total. The van der Waals surface area contributed by atoms with Crippen LogP contribution in [0.15, 0.2) is 18.2 Å². The molecule has 1 aliphatic heterocycles. The normalized spacial score (nSPS) is 13.4. The molecule has 0 aliphatic carbocycles. The molecule has 0 saturated carbocycles. The number of hydrogen-bond acceptors (Lipinski definition) is 3. The molecule has 1 aliphatic rings. The quantitative estimate of drug-likeness (QED) is 0.831. The lowest BCUT2D eigenvalue weighted by Gasteiger charge is -2.18. The van der Waals surface area contributed by atoms with Gasteiger partial charge >= 0.3 is 0 Å². The number of amides is 1. The number of hydrogen-bond donors (Lipinski definition) is 1. The Balaban J connectivity index is 1.88. The molecule has 0 radical (unpaired) electrons. The van der Waals surface area contributed by atoms with Crippen LogP contribution in [0.25, 0.3) is 0 Å². The van der Waals surface area contributed by atoms with E-state index >= 15 is 0 Å². The van der Waals surface area contributed by atoms with Gasteiger partial charge in [-0.2, -0.15) is 0 Å². The molecule has 0 atom stereocenters. The lowest BCUT2D eigenvalue weighted by Crippen LogP contribution is -2.25. The number of carbonyl (C=O) groups is 1. The van der Waals surface area contributed by atoms with E-state index in [4.69, 9.17) is 9.47 Å². The van der Waals surface area contributed by atoms with Crippen molar-refractivity contribution < 1.29 is 14.3 Å². The highest BCUT2D eigenvalue weighted by molar-refractivity contribution is 5.94. The predicted octanol–water partition coefficient (Wildman–Crippen LogP) is 2.62. The lowest BCUT2D eigenvalue weighted by atomic mass is 10.1. The number of nitrogens with one attached hydrogen (secondary N) is 1. The summed E-state index contributed by atoms with van der Waals surface area (Å²) < 4.78 is 10.9. The van der Waals surface area contributed by atoms with Crippen molar-refractivity contribution in [1.29, 1.82) is 0 Å². The molecule has 1 heterocycles. The van der Waals surface area contributed by atoms with E-state index in [1.165, 1.54) is 0 Å². The van der Waals surface area contributed by atoms with Gasteiger partial charge in [-0.25, -0.2) is 0 Å². The Morgan fingerprint density at radius 2 is 2.00 bits per heavy atom. The van der Waals surface area contributed by atoms with Gasteiger partial charge in [0, 0.05) is 12.1 Å². The molecule has 0 fully saturated rings. The van der Waals surface area contributed by atoms with Crippen molar-refractivity contribution in [3.8, 4) is 11.5 Å². The molecule has 4 heteroatoms. The molecular formula is C15H21NO3. The fourth-order valence-corrected chi connectivity index (χ4v) is 2.00. The second kappa shape index (κ2) is 6.45. The molecular weight excluding hydrogens is 242 g/mol. The number of fused-ring (bicyclic) bond motifs is 1. The topological polar surface area (TPSA) is 47.6 Å². The molecule has 4 nitrogen and oxygen atoms in total. The Kier molecular flexibility index (Phi) is 4.66. The van der Waals surface area contributed by atoms with Gasteiger partial charge in [0.05, 0.1) is 0 Å². The number of rotatable bonds is 5. The zero-order chi connectivity index (χ0) is 13.7. The molecule has 0 bridgehead atoms. The maximum atomic E-state index is 12.0. The summed E-state index contributed by atoms with van der Waals surface area (Å²) in [5.74, 6) is 1.98. The van der Waals surface area contributed by atoms with Crippen LogP contribution in [0.4, 0.5) is 0 Å². The van der Waals surface area contributed by atoms with E-state index in [2.05, 4.69) is 19.2 Å². The van der Waals surface area contributed by atoms with Crippen molar-refractivity contribution >= 4 is 5.91 Å². The van der Waals surface area contributed by atoms with Crippen molar-refractivity contribution in [3.63, 3.8) is 0 Å². The first-order valence-electron chi connectivity index (χ1n) is 6.84. The average molecular weight is 263 g/mol. The highest BCUT2D eigenvalue weighted by Crippen LogP contribution is 2.30. The van der Waals surface area contributed by atoms with Gasteiger partial charge in [0.1, 0.15) is 13.2 Å². The summed E-state index contributed by atoms with van der Waals surface area (Å²) in [7, 11) is 0. The summed E-state index contributed by atoms with van der Waals surface area (Å²) in [5.41, 5.74) is 0.619. The number of ether oxygens (including phenoxy) is 2. The van der Waals surface area contributed by atoms with Gasteiger partial charge in [-0.15, -0.1) is 0 Å². The highest BCUT2D eigenvalue weighted by atomic mass is 16.6. The maximum Gasteiger partial charge on any atom is 0.251 e. The van der Waals surface area contributed by atoms with Crippen LogP contribution in [0.3, 0.4) is 0 Å². The van der Waals surface area contributed by atoms with E-state index in [1.54, 1.807) is 18.2 Å². The molecule has 1 aromatic rings. The minimum Gasteiger partial charge on any atom is -0.486 e. The maximum absolute atomic E-state index is 12.0. The third-order valence-electron chi connectivity index (χ3n) is 3.05. The predicted molar refractivity (Wildman–Crippen MR) is 73.8 cm³/mol. The van der Waals surface area contributed by atoms with Crippen molar-refractivity contribution in [2.45, 2.75) is 26.7 Å². The number of carbonyl (C=O) groups excluding carboxylic acids is 1. The highest BCUT2D eigenvalue weighted by Gasteiger charge is 2.14. The standard InChI is InChI=1S/C15H21NO3/c1-11(2)4-3-7-16-15(17)12-5-6-13-14(10-12)19-9-8-18-13/h5-6,10-11H,3-4,7-9H2,1-2H3,(H,16,17). The minimum absolute atomic E-state index is 0.0549. The van der Waals surface area contributed by atoms with Gasteiger partial charge in [-0.1, -0.05) is 13.8 Å². The van der Waals surface area contributed by atoms with Crippen LogP contribution < -0.4 is 14.8 Å². The molecule has 1 aromatic carbocycles. The Morgan fingerprint density at radius 3 is 2.74 bits per heavy atom. The summed E-state index contributed by atoms with van der Waals surface area (Å²) in [6.07, 6.45) is 2.13. The molecule has 0 aromatic heterocycles. The first-order chi connectivity index (χ1) is 9.16. The SMILES string of the molecule is CC(C)CCCNC(=O)c1ccc2c(c1)OCCO2. The second-order valence-corrected chi connectivity index (χ2v) is 5.15. The van der Waals surface area contributed by atoms with Gasteiger partial charge in [-0.05, 0) is 37.0 Å². The molecule has 19 heavy (non-hydrogen) atoms. The van der Waals surface area contributed by atoms with Crippen LogP contribution in [-0.4, -0.2) is 25.7 Å². The van der Waals surface area contributed by atoms with Crippen molar-refractivity contribution in [1.82, 2.24) is 5.32 Å². The number of benzene rings is 1. The van der Waals surface area contributed by atoms with Crippen molar-refractivity contribution in [2.24, 2.45) is 5.92 Å². The van der Waals surface area contributed by atoms with Crippen molar-refractivity contribution in [3.05, 3.63) is 23.8 Å². The Hall–Kier alpha value is -1.71. The second-order valence-electron chi connectivity index (χ2n) is 5.15. The molecule has 0 saturated heterocycles. The van der Waals surface area contributed by atoms with Crippen LogP contribution in [0.2, 0.25) is 0 Å². The van der Waals surface area contributed by atoms with E-state index < -0.39 is 0 Å². The van der Waals surface area contributed by atoms with E-state index in [0.717, 1.165) is 12.8 Å². The fraction of sp³-hybridized carbons (Fsp3) is 0.533. The average Bonchev–Trinajstić information content (AvgIpc) is 2.42. The largest absolute Gasteiger partial charge is 0.486 e. The first-order valence-corrected chi connectivity index (χ1v) is 6.84. The molecule has 1 amide bonds. The van der Waals surface area contributed by atoms with Gasteiger partial charge in [0.25, 0.3) is 5.91 Å². The monoisotopic (exact) mass is 263 g/mol. The summed E-state index contributed by atoms with van der Waals surface area (Å²) >= 11 is 0. The third kappa shape index (κ3) is 3.88. The molecule has 2 rings (SSSR count). The van der Waals surface area contributed by atoms with E-state index in [0.29, 0.717) is 42.7 Å². The minimum atomic E-state index is -0.0549. The zero-order valence-electron chi connectivity index (χ0n) is 11.6. The van der Waals surface area contributed by atoms with Crippen LogP contribution in [0.1, 0.15) is 37.0 Å². The van der Waals surface area contributed by atoms with Gasteiger partial charge in [-0.3, -0.25) is 4.79 Å². The Bertz CT molecular complexity index is 443. The van der Waals surface area contributed by atoms with Crippen LogP contribution in [0, 0.1) is 5.92 Å². The van der Waals surface area contributed by atoms with Crippen LogP contribution in [0.5, 0.6) is 11.5 Å². The van der Waals surface area contributed by atoms with Gasteiger partial charge in [0.2, 0.25) is 0 Å². The molecule has 104 valence electrons. The van der Waals surface area contributed by atoms with Crippen LogP contribution >= 0.6 is 0 Å². The first kappa shape index (κ1) is 13.7. The summed E-state index contributed by atoms with van der Waals surface area (Å²) in [5, 5.41) is 2.93. The molecule has 0 spiro atoms. The van der Waals surface area contributed by atoms with E-state index in [1.807, 2.05) is 0 Å². The summed E-state index contributed by atoms with van der Waals surface area (Å²) in [4.78, 5) is 12.0. The zero-order valence-corrected chi connectivity index (χ0v) is 11.6. The molecule has 0 unspecified atom stereocenters. The smallest absolute Gasteiger partial charge is 0.251 e. The van der Waals surface area contributed by atoms with E-state index in [-0.39, 0.29) is 5.91 Å². The Morgan fingerprint density at radius 1 is 1.26 bits per heavy atom. The lowest BCUT2D eigenvalue weighted by molar-refractivity contribution is 0.0951. The fourth-order valence-electron chi connectivity index (χ4n) is 2.00. The van der Waals surface area contributed by atoms with Crippen molar-refractivity contribution in [2.75, 3.05) is 19.8 Å². The summed E-state index contributed by atoms with van der Waals surface area (Å²) in [6, 6.07) is 5.30. The van der Waals surface area contributed by atoms with E-state index in [9.17, 15) is 4.79 Å². The third-order valence-corrected chi connectivity index (χ3v) is 3.05. The Labute approximate surface area is 114 Å². The van der Waals surface area contributed by atoms with Gasteiger partial charge < -0.3 is 14.8 Å². The van der Waals surface area contributed by atoms with Gasteiger partial charge in [0.15, 0.2) is 11.5 Å².